The molecule has 0 aromatic heterocycles. The molecule has 13 heteroatoms. The van der Waals surface area contributed by atoms with Crippen molar-refractivity contribution in [1.29, 1.82) is 0 Å². The molecular formula is C37H35ClN2O8S2. The molecule has 0 radical (unpaired) electrons. The lowest BCUT2D eigenvalue weighted by atomic mass is 10.0. The van der Waals surface area contributed by atoms with Gasteiger partial charge in [-0.15, -0.1) is 0 Å². The third kappa shape index (κ3) is 11.5. The predicted molar refractivity (Wildman–Crippen MR) is 195 cm³/mol. The number of aryl methyl sites for hydroxylation is 4. The predicted octanol–water partition coefficient (Wildman–Crippen LogP) is 7.17. The summed E-state index contributed by atoms with van der Waals surface area (Å²) < 4.78 is 53.1. The van der Waals surface area contributed by atoms with E-state index >= 15 is 0 Å². The van der Waals surface area contributed by atoms with Crippen molar-refractivity contribution in [3.05, 3.63) is 160 Å². The van der Waals surface area contributed by atoms with E-state index in [4.69, 9.17) is 21.8 Å². The van der Waals surface area contributed by atoms with Crippen molar-refractivity contribution in [3.8, 4) is 0 Å². The van der Waals surface area contributed by atoms with E-state index in [1.807, 2.05) is 24.3 Å². The Kier molecular flexibility index (Phi) is 12.8. The SMILES string of the molecule is CS(=O)(=O)Nc1ccccc1CCc1ccc(C(=O)O)cc1.O=C(O)c1ccc(CCc2ccccc2NS(=O)(=O)c2ccc(Cl)cc2)cc1. The number of carboxylic acid groups (broad SMARTS) is 2. The second-order valence-electron chi connectivity index (χ2n) is 11.3. The summed E-state index contributed by atoms with van der Waals surface area (Å²) in [6.45, 7) is 0. The van der Waals surface area contributed by atoms with Crippen molar-refractivity contribution in [2.75, 3.05) is 15.7 Å². The van der Waals surface area contributed by atoms with Crippen LogP contribution in [0.15, 0.2) is 126 Å². The van der Waals surface area contributed by atoms with Crippen molar-refractivity contribution in [1.82, 2.24) is 0 Å². The normalized spacial score (nSPS) is 11.2. The molecule has 0 unspecified atom stereocenters. The first-order valence-electron chi connectivity index (χ1n) is 15.3. The van der Waals surface area contributed by atoms with Gasteiger partial charge in [0.1, 0.15) is 0 Å². The number of hydrogen-bond acceptors (Lipinski definition) is 6. The van der Waals surface area contributed by atoms with Crippen LogP contribution < -0.4 is 9.44 Å². The molecule has 50 heavy (non-hydrogen) atoms. The number of carboxylic acids is 2. The zero-order valence-corrected chi connectivity index (χ0v) is 29.3. The lowest BCUT2D eigenvalue weighted by Crippen LogP contribution is -2.14. The van der Waals surface area contributed by atoms with Crippen molar-refractivity contribution in [2.24, 2.45) is 0 Å². The summed E-state index contributed by atoms with van der Waals surface area (Å²) in [5.41, 5.74) is 5.30. The highest BCUT2D eigenvalue weighted by Crippen LogP contribution is 2.23. The van der Waals surface area contributed by atoms with Gasteiger partial charge in [-0.1, -0.05) is 72.3 Å². The van der Waals surface area contributed by atoms with Crippen LogP contribution in [0.3, 0.4) is 0 Å². The molecule has 5 aromatic rings. The summed E-state index contributed by atoms with van der Waals surface area (Å²) in [4.78, 5) is 21.9. The number of benzene rings is 5. The van der Waals surface area contributed by atoms with Crippen LogP contribution in [0.5, 0.6) is 0 Å². The Morgan fingerprint density at radius 2 is 0.960 bits per heavy atom. The smallest absolute Gasteiger partial charge is 0.335 e. The van der Waals surface area contributed by atoms with Gasteiger partial charge in [-0.3, -0.25) is 9.44 Å². The third-order valence-corrected chi connectivity index (χ3v) is 9.69. The summed E-state index contributed by atoms with van der Waals surface area (Å²) in [6, 6.07) is 33.8. The van der Waals surface area contributed by atoms with E-state index in [0.717, 1.165) is 28.5 Å². The number of para-hydroxylation sites is 2. The zero-order valence-electron chi connectivity index (χ0n) is 26.9. The fourth-order valence-electron chi connectivity index (χ4n) is 4.88. The summed E-state index contributed by atoms with van der Waals surface area (Å²) in [5.74, 6) is -1.91. The minimum Gasteiger partial charge on any atom is -0.478 e. The number of aromatic carboxylic acids is 2. The van der Waals surface area contributed by atoms with E-state index in [0.29, 0.717) is 42.1 Å². The number of nitrogens with one attached hydrogen (secondary N) is 2. The first-order valence-corrected chi connectivity index (χ1v) is 19.0. The number of halogens is 1. The third-order valence-electron chi connectivity index (χ3n) is 7.47. The Bertz CT molecular complexity index is 2160. The Balaban J connectivity index is 0.000000232. The standard InChI is InChI=1S/C21H18ClNO4S.C16H17NO4S/c22-18-11-13-19(14-12-18)28(26,27)23-20-4-2-1-3-16(20)8-5-15-6-9-17(10-7-15)21(24)25;1-22(20,21)17-15-5-3-2-4-13(15)9-6-12-7-10-14(11-8-12)16(18)19/h1-4,6-7,9-14,23H,5,8H2,(H,24,25);2-5,7-8,10-11,17H,6,9H2,1H3,(H,18,19). The van der Waals surface area contributed by atoms with Crippen LogP contribution >= 0.6 is 11.6 Å². The van der Waals surface area contributed by atoms with E-state index in [2.05, 4.69) is 9.44 Å². The van der Waals surface area contributed by atoms with Crippen LogP contribution in [0.1, 0.15) is 43.0 Å². The van der Waals surface area contributed by atoms with Crippen molar-refractivity contribution in [3.63, 3.8) is 0 Å². The first-order chi connectivity index (χ1) is 23.7. The minimum absolute atomic E-state index is 0.135. The number of rotatable bonds is 13. The van der Waals surface area contributed by atoms with Crippen LogP contribution in [0, 0.1) is 0 Å². The van der Waals surface area contributed by atoms with E-state index in [-0.39, 0.29) is 16.0 Å². The van der Waals surface area contributed by atoms with Gasteiger partial charge in [-0.05, 0) is 109 Å². The number of hydrogen-bond donors (Lipinski definition) is 4. The molecule has 5 aromatic carbocycles. The molecule has 0 bridgehead atoms. The summed E-state index contributed by atoms with van der Waals surface area (Å²) in [5, 5.41) is 18.3. The maximum absolute atomic E-state index is 12.6. The fraction of sp³-hybridized carbons (Fsp3) is 0.135. The molecule has 0 saturated carbocycles. The molecular weight excluding hydrogens is 700 g/mol. The lowest BCUT2D eigenvalue weighted by molar-refractivity contribution is 0.0686. The van der Waals surface area contributed by atoms with Crippen LogP contribution in [0.2, 0.25) is 5.02 Å². The molecule has 0 saturated heterocycles. The van der Waals surface area contributed by atoms with Gasteiger partial charge in [0.25, 0.3) is 10.0 Å². The molecule has 0 aliphatic rings. The molecule has 0 amide bonds. The minimum atomic E-state index is -3.72. The average Bonchev–Trinajstić information content (AvgIpc) is 3.07. The number of sulfonamides is 2. The quantitative estimate of drug-likeness (QED) is 0.0988. The highest BCUT2D eigenvalue weighted by Gasteiger charge is 2.16. The monoisotopic (exact) mass is 734 g/mol. The van der Waals surface area contributed by atoms with Crippen molar-refractivity contribution >= 4 is 55.0 Å². The fourth-order valence-corrected chi connectivity index (χ4v) is 6.70. The van der Waals surface area contributed by atoms with Gasteiger partial charge >= 0.3 is 11.9 Å². The Labute approximate surface area is 296 Å². The van der Waals surface area contributed by atoms with E-state index in [9.17, 15) is 26.4 Å². The van der Waals surface area contributed by atoms with E-state index < -0.39 is 32.0 Å². The Morgan fingerprint density at radius 3 is 1.36 bits per heavy atom. The molecule has 0 spiro atoms. The maximum atomic E-state index is 12.6. The second-order valence-corrected chi connectivity index (χ2v) is 15.1. The molecule has 10 nitrogen and oxygen atoms in total. The first kappa shape index (κ1) is 37.6. The molecule has 0 atom stereocenters. The van der Waals surface area contributed by atoms with Gasteiger partial charge in [-0.25, -0.2) is 26.4 Å². The lowest BCUT2D eigenvalue weighted by Gasteiger charge is -2.13. The van der Waals surface area contributed by atoms with Crippen LogP contribution in [-0.2, 0) is 45.7 Å². The van der Waals surface area contributed by atoms with E-state index in [1.165, 1.54) is 24.3 Å². The van der Waals surface area contributed by atoms with Gasteiger partial charge in [0, 0.05) is 5.02 Å². The Morgan fingerprint density at radius 1 is 0.560 bits per heavy atom. The van der Waals surface area contributed by atoms with Gasteiger partial charge in [0.15, 0.2) is 0 Å². The van der Waals surface area contributed by atoms with Crippen LogP contribution in [-0.4, -0.2) is 45.2 Å². The molecule has 0 aliphatic carbocycles. The molecule has 0 fully saturated rings. The van der Waals surface area contributed by atoms with Crippen LogP contribution in [0.25, 0.3) is 0 Å². The highest BCUT2D eigenvalue weighted by molar-refractivity contribution is 7.92. The largest absolute Gasteiger partial charge is 0.478 e. The average molecular weight is 735 g/mol. The van der Waals surface area contributed by atoms with E-state index in [1.54, 1.807) is 72.8 Å². The Hall–Kier alpha value is -5.17. The van der Waals surface area contributed by atoms with Crippen molar-refractivity contribution < 1.29 is 36.6 Å². The van der Waals surface area contributed by atoms with Crippen LogP contribution in [0.4, 0.5) is 11.4 Å². The zero-order chi connectivity index (χ0) is 36.3. The molecule has 4 N–H and O–H groups in total. The number of carbonyl (C=O) groups is 2. The van der Waals surface area contributed by atoms with Gasteiger partial charge in [-0.2, -0.15) is 0 Å². The molecule has 260 valence electrons. The molecule has 0 heterocycles. The second kappa shape index (κ2) is 17.0. The summed E-state index contributed by atoms with van der Waals surface area (Å²) in [7, 11) is -7.04. The van der Waals surface area contributed by atoms with Gasteiger partial charge in [0.2, 0.25) is 10.0 Å². The highest BCUT2D eigenvalue weighted by atomic mass is 35.5. The summed E-state index contributed by atoms with van der Waals surface area (Å²) in [6.07, 6.45) is 3.73. The molecule has 5 rings (SSSR count). The molecule has 0 aliphatic heterocycles. The van der Waals surface area contributed by atoms with Gasteiger partial charge in [0.05, 0.1) is 33.7 Å². The van der Waals surface area contributed by atoms with Gasteiger partial charge < -0.3 is 10.2 Å². The van der Waals surface area contributed by atoms with Crippen molar-refractivity contribution in [2.45, 2.75) is 30.6 Å². The number of anilines is 2. The summed E-state index contributed by atoms with van der Waals surface area (Å²) >= 11 is 5.83. The maximum Gasteiger partial charge on any atom is 0.335 e. The topological polar surface area (TPSA) is 167 Å².